The monoisotopic (exact) mass is 827 g/mol. The second-order valence-electron chi connectivity index (χ2n) is 18.0. The molecule has 7 rings (SSSR count). The first-order chi connectivity index (χ1) is 28.7. The summed E-state index contributed by atoms with van der Waals surface area (Å²) in [5.41, 5.74) is 13.5. The van der Waals surface area contributed by atoms with Crippen molar-refractivity contribution in [3.63, 3.8) is 0 Å². The molecule has 2 aromatic heterocycles. The summed E-state index contributed by atoms with van der Waals surface area (Å²) in [6.45, 7) is 13.3. The SMILES string of the molecule is CC(C)(C)[Si](C)(C)O[C@@H](CNCc1ccc2c(ccn2CCCCc2ccc(-c3ccccc3)c(NC(=O)OC3CCC(N)CC3)c2)c1)c1ccc(O)c2[nH]c(=O)ccc12. The lowest BCUT2D eigenvalue weighted by atomic mass is 9.94. The Hall–Kier alpha value is -5.20. The number of carbonyl (C=O) groups is 1. The molecule has 11 heteroatoms. The zero-order valence-corrected chi connectivity index (χ0v) is 36.7. The summed E-state index contributed by atoms with van der Waals surface area (Å²) >= 11 is 0. The van der Waals surface area contributed by atoms with Gasteiger partial charge < -0.3 is 34.9 Å². The number of phenolic OH excluding ortho intramolecular Hbond substituents is 1. The molecule has 1 saturated carbocycles. The number of nitrogens with one attached hydrogen (secondary N) is 3. The lowest BCUT2D eigenvalue weighted by Gasteiger charge is -2.39. The van der Waals surface area contributed by atoms with Crippen molar-refractivity contribution in [2.24, 2.45) is 5.73 Å². The quantitative estimate of drug-likeness (QED) is 0.0512. The summed E-state index contributed by atoms with van der Waals surface area (Å²) in [5.74, 6) is 0.0442. The standard InChI is InChI=1S/C49H61N5O5Si/c1-49(2,3)60(4,5)59-45(40-21-24-44(55)47-41(40)22-25-46(56)53-47)32-51-31-34-15-23-43-36(29-34)26-28-54(43)27-10-9-11-33-14-20-39(35-12-7-6-8-13-35)42(30-33)52-48(57)58-38-18-16-37(50)17-19-38/h6-8,12-15,20-26,28-30,37-38,45,51,55H,9-11,16-19,27,31-32,50H2,1-5H3,(H,52,57)(H,53,56)/t37?,38?,45-/m0/s1. The number of nitrogens with two attached hydrogens (primary N) is 1. The number of phenols is 1. The van der Waals surface area contributed by atoms with Crippen LogP contribution in [0.15, 0.2) is 108 Å². The molecule has 0 radical (unpaired) electrons. The maximum atomic E-state index is 13.1. The molecule has 316 valence electrons. The molecular weight excluding hydrogens is 767 g/mol. The van der Waals surface area contributed by atoms with Crippen molar-refractivity contribution >= 4 is 41.9 Å². The Bertz CT molecular complexity index is 2460. The Labute approximate surface area is 354 Å². The number of carbonyl (C=O) groups excluding carboxylic acids is 1. The Morgan fingerprint density at radius 3 is 2.47 bits per heavy atom. The fourth-order valence-corrected chi connectivity index (χ4v) is 9.29. The molecule has 6 N–H and O–H groups in total. The highest BCUT2D eigenvalue weighted by Crippen LogP contribution is 2.41. The third kappa shape index (κ3) is 10.4. The van der Waals surface area contributed by atoms with Crippen LogP contribution in [0.4, 0.5) is 10.5 Å². The molecule has 1 atom stereocenters. The maximum absolute atomic E-state index is 13.1. The van der Waals surface area contributed by atoms with Crippen LogP contribution in [0, 0.1) is 0 Å². The van der Waals surface area contributed by atoms with Gasteiger partial charge in [-0.05, 0) is 127 Å². The van der Waals surface area contributed by atoms with Crippen molar-refractivity contribution in [1.82, 2.24) is 14.9 Å². The predicted molar refractivity (Wildman–Crippen MR) is 246 cm³/mol. The summed E-state index contributed by atoms with van der Waals surface area (Å²) in [5, 5.41) is 19.3. The molecule has 6 aromatic rings. The number of rotatable bonds is 15. The number of aromatic hydroxyl groups is 1. The van der Waals surface area contributed by atoms with Gasteiger partial charge >= 0.3 is 6.09 Å². The van der Waals surface area contributed by atoms with Gasteiger partial charge in [-0.3, -0.25) is 10.1 Å². The minimum Gasteiger partial charge on any atom is -0.506 e. The molecule has 1 amide bonds. The zero-order valence-electron chi connectivity index (χ0n) is 35.7. The van der Waals surface area contributed by atoms with Crippen molar-refractivity contribution in [1.29, 1.82) is 0 Å². The number of benzene rings is 4. The topological polar surface area (TPSA) is 144 Å². The lowest BCUT2D eigenvalue weighted by molar-refractivity contribution is 0.0826. The number of unbranched alkanes of at least 4 members (excludes halogenated alkanes) is 1. The van der Waals surface area contributed by atoms with Crippen LogP contribution in [-0.4, -0.2) is 47.8 Å². The molecule has 60 heavy (non-hydrogen) atoms. The van der Waals surface area contributed by atoms with Gasteiger partial charge in [-0.15, -0.1) is 0 Å². The number of pyridine rings is 1. The van der Waals surface area contributed by atoms with Gasteiger partial charge in [0, 0.05) is 54.4 Å². The van der Waals surface area contributed by atoms with Crippen LogP contribution in [0.2, 0.25) is 18.1 Å². The highest BCUT2D eigenvalue weighted by Gasteiger charge is 2.39. The van der Waals surface area contributed by atoms with Gasteiger partial charge in [-0.25, -0.2) is 4.79 Å². The molecule has 0 saturated heterocycles. The van der Waals surface area contributed by atoms with E-state index in [2.05, 4.69) is 115 Å². The average molecular weight is 828 g/mol. The van der Waals surface area contributed by atoms with Crippen molar-refractivity contribution in [3.8, 4) is 16.9 Å². The third-order valence-electron chi connectivity index (χ3n) is 12.5. The number of amides is 1. The summed E-state index contributed by atoms with van der Waals surface area (Å²) in [6.07, 6.45) is 7.66. The maximum Gasteiger partial charge on any atom is 0.411 e. The Balaban J connectivity index is 0.967. The second kappa shape index (κ2) is 18.6. The highest BCUT2D eigenvalue weighted by atomic mass is 28.4. The van der Waals surface area contributed by atoms with Crippen LogP contribution in [-0.2, 0) is 28.7 Å². The van der Waals surface area contributed by atoms with Crippen molar-refractivity contribution in [3.05, 3.63) is 130 Å². The molecule has 0 spiro atoms. The van der Waals surface area contributed by atoms with Gasteiger partial charge in [0.1, 0.15) is 11.9 Å². The third-order valence-corrected chi connectivity index (χ3v) is 17.0. The van der Waals surface area contributed by atoms with E-state index in [1.807, 2.05) is 24.3 Å². The molecule has 2 heterocycles. The van der Waals surface area contributed by atoms with Crippen LogP contribution in [0.1, 0.15) is 82.1 Å². The van der Waals surface area contributed by atoms with E-state index in [9.17, 15) is 14.7 Å². The first-order valence-corrected chi connectivity index (χ1v) is 24.4. The van der Waals surface area contributed by atoms with E-state index in [0.29, 0.717) is 18.6 Å². The molecule has 0 bridgehead atoms. The van der Waals surface area contributed by atoms with Crippen molar-refractivity contribution in [2.45, 2.75) is 115 Å². The Kier molecular flexibility index (Phi) is 13.3. The number of aryl methyl sites for hydroxylation is 2. The van der Waals surface area contributed by atoms with E-state index in [4.69, 9.17) is 14.9 Å². The van der Waals surface area contributed by atoms with Crippen LogP contribution in [0.3, 0.4) is 0 Å². The minimum atomic E-state index is -2.19. The normalized spacial score (nSPS) is 16.6. The molecule has 10 nitrogen and oxygen atoms in total. The van der Waals surface area contributed by atoms with Gasteiger partial charge in [-0.2, -0.15) is 0 Å². The number of H-pyrrole nitrogens is 1. The van der Waals surface area contributed by atoms with Crippen LogP contribution in [0.25, 0.3) is 32.9 Å². The number of fused-ring (bicyclic) bond motifs is 2. The lowest BCUT2D eigenvalue weighted by Crippen LogP contribution is -2.43. The number of hydrogen-bond acceptors (Lipinski definition) is 7. The molecular formula is C49H61N5O5Si. The van der Waals surface area contributed by atoms with Gasteiger partial charge in [0.15, 0.2) is 8.32 Å². The second-order valence-corrected chi connectivity index (χ2v) is 22.7. The van der Waals surface area contributed by atoms with Gasteiger partial charge in [0.05, 0.1) is 17.3 Å². The number of ether oxygens (including phenoxy) is 1. The fraction of sp³-hybridized carbons (Fsp3) is 0.388. The van der Waals surface area contributed by atoms with Gasteiger partial charge in [0.25, 0.3) is 0 Å². The summed E-state index contributed by atoms with van der Waals surface area (Å²) in [6, 6.07) is 32.3. The van der Waals surface area contributed by atoms with E-state index < -0.39 is 14.4 Å². The van der Waals surface area contributed by atoms with E-state index in [1.165, 1.54) is 28.1 Å². The number of anilines is 1. The largest absolute Gasteiger partial charge is 0.506 e. The summed E-state index contributed by atoms with van der Waals surface area (Å²) < 4.78 is 15.1. The average Bonchev–Trinajstić information content (AvgIpc) is 3.62. The molecule has 1 aliphatic rings. The predicted octanol–water partition coefficient (Wildman–Crippen LogP) is 10.5. The summed E-state index contributed by atoms with van der Waals surface area (Å²) in [4.78, 5) is 28.0. The molecule has 1 fully saturated rings. The number of hydrogen-bond donors (Lipinski definition) is 5. The van der Waals surface area contributed by atoms with E-state index in [1.54, 1.807) is 12.1 Å². The first-order valence-electron chi connectivity index (χ1n) is 21.5. The number of nitrogens with zero attached hydrogens (tertiary/aromatic N) is 1. The minimum absolute atomic E-state index is 0.00101. The van der Waals surface area contributed by atoms with Gasteiger partial charge in [-0.1, -0.05) is 75.4 Å². The number of aromatic nitrogens is 2. The molecule has 0 unspecified atom stereocenters. The van der Waals surface area contributed by atoms with Crippen molar-refractivity contribution in [2.75, 3.05) is 11.9 Å². The first kappa shape index (κ1) is 42.9. The molecule has 4 aromatic carbocycles. The van der Waals surface area contributed by atoms with Crippen LogP contribution >= 0.6 is 0 Å². The Morgan fingerprint density at radius 2 is 1.70 bits per heavy atom. The summed E-state index contributed by atoms with van der Waals surface area (Å²) in [7, 11) is -2.19. The smallest absolute Gasteiger partial charge is 0.411 e. The van der Waals surface area contributed by atoms with Crippen LogP contribution in [0.5, 0.6) is 5.75 Å². The fourth-order valence-electron chi connectivity index (χ4n) is 8.02. The number of aromatic amines is 1. The zero-order chi connectivity index (χ0) is 42.4. The highest BCUT2D eigenvalue weighted by molar-refractivity contribution is 6.74. The Morgan fingerprint density at radius 1 is 0.933 bits per heavy atom. The van der Waals surface area contributed by atoms with Crippen LogP contribution < -0.4 is 21.9 Å². The van der Waals surface area contributed by atoms with E-state index in [0.717, 1.165) is 79.3 Å². The molecule has 0 aliphatic heterocycles. The van der Waals surface area contributed by atoms with E-state index >= 15 is 0 Å². The van der Waals surface area contributed by atoms with Crippen molar-refractivity contribution < 1.29 is 19.1 Å². The van der Waals surface area contributed by atoms with E-state index in [-0.39, 0.29) is 34.6 Å². The van der Waals surface area contributed by atoms with Gasteiger partial charge in [0.2, 0.25) is 5.56 Å². The molecule has 1 aliphatic carbocycles.